The van der Waals surface area contributed by atoms with Gasteiger partial charge >= 0.3 is 6.36 Å². The van der Waals surface area contributed by atoms with Crippen molar-refractivity contribution in [2.45, 2.75) is 19.9 Å². The SMILES string of the molecule is CC(=O)c1ccc(OCc2ccc(C(=O)Nc3ccc(OC(F)(F)F)cc3)o2)cc1. The number of carbonyl (C=O) groups is 2. The first-order valence-electron chi connectivity index (χ1n) is 8.69. The van der Waals surface area contributed by atoms with Crippen molar-refractivity contribution in [3.05, 3.63) is 77.7 Å². The number of hydrogen-bond acceptors (Lipinski definition) is 5. The maximum Gasteiger partial charge on any atom is 0.573 e. The quantitative estimate of drug-likeness (QED) is 0.532. The number of alkyl halides is 3. The molecule has 0 aliphatic rings. The topological polar surface area (TPSA) is 77.8 Å². The molecule has 3 rings (SSSR count). The number of rotatable bonds is 7. The minimum absolute atomic E-state index is 0.0103. The minimum atomic E-state index is -4.78. The van der Waals surface area contributed by atoms with Gasteiger partial charge in [0.2, 0.25) is 0 Å². The molecule has 6 nitrogen and oxygen atoms in total. The van der Waals surface area contributed by atoms with Crippen molar-refractivity contribution in [3.63, 3.8) is 0 Å². The number of ketones is 1. The van der Waals surface area contributed by atoms with E-state index in [1.54, 1.807) is 30.3 Å². The summed E-state index contributed by atoms with van der Waals surface area (Å²) in [5.74, 6) is -0.0824. The van der Waals surface area contributed by atoms with Crippen LogP contribution in [0.15, 0.2) is 65.1 Å². The first-order chi connectivity index (χ1) is 14.2. The number of carbonyl (C=O) groups excluding carboxylic acids is 2. The molecule has 0 unspecified atom stereocenters. The summed E-state index contributed by atoms with van der Waals surface area (Å²) in [5.41, 5.74) is 0.839. The Morgan fingerprint density at radius 1 is 0.933 bits per heavy atom. The molecule has 1 N–H and O–H groups in total. The third-order valence-electron chi connectivity index (χ3n) is 3.87. The van der Waals surface area contributed by atoms with Crippen LogP contribution in [-0.2, 0) is 6.61 Å². The van der Waals surface area contributed by atoms with Gasteiger partial charge in [-0.2, -0.15) is 0 Å². The summed E-state index contributed by atoms with van der Waals surface area (Å²) in [4.78, 5) is 23.5. The Balaban J connectivity index is 1.55. The summed E-state index contributed by atoms with van der Waals surface area (Å²) in [5, 5.41) is 2.51. The molecular formula is C21H16F3NO5. The second-order valence-electron chi connectivity index (χ2n) is 6.16. The zero-order valence-corrected chi connectivity index (χ0v) is 15.7. The van der Waals surface area contributed by atoms with E-state index in [0.29, 0.717) is 17.1 Å². The van der Waals surface area contributed by atoms with Gasteiger partial charge in [0.05, 0.1) is 0 Å². The predicted octanol–water partition coefficient (Wildman–Crippen LogP) is 5.21. The molecule has 0 fully saturated rings. The van der Waals surface area contributed by atoms with Gasteiger partial charge in [-0.25, -0.2) is 0 Å². The highest BCUT2D eigenvalue weighted by Crippen LogP contribution is 2.24. The van der Waals surface area contributed by atoms with E-state index in [0.717, 1.165) is 12.1 Å². The second-order valence-corrected chi connectivity index (χ2v) is 6.16. The number of halogens is 3. The number of ether oxygens (including phenoxy) is 2. The van der Waals surface area contributed by atoms with E-state index in [1.165, 1.54) is 25.1 Å². The number of amides is 1. The molecule has 156 valence electrons. The van der Waals surface area contributed by atoms with Gasteiger partial charge in [-0.15, -0.1) is 13.2 Å². The van der Waals surface area contributed by atoms with Crippen molar-refractivity contribution in [2.24, 2.45) is 0 Å². The fourth-order valence-electron chi connectivity index (χ4n) is 2.45. The average Bonchev–Trinajstić information content (AvgIpc) is 3.16. The van der Waals surface area contributed by atoms with E-state index in [9.17, 15) is 22.8 Å². The molecule has 0 saturated heterocycles. The highest BCUT2D eigenvalue weighted by atomic mass is 19.4. The zero-order valence-electron chi connectivity index (χ0n) is 15.7. The van der Waals surface area contributed by atoms with Gasteiger partial charge in [0.15, 0.2) is 11.5 Å². The standard InChI is InChI=1S/C21H16F3NO5/c1-13(26)14-2-6-16(7-3-14)28-12-18-10-11-19(29-18)20(27)25-15-4-8-17(9-5-15)30-21(22,23)24/h2-11H,12H2,1H3,(H,25,27). The third-order valence-corrected chi connectivity index (χ3v) is 3.87. The Labute approximate surface area is 169 Å². The average molecular weight is 419 g/mol. The Morgan fingerprint density at radius 2 is 1.57 bits per heavy atom. The van der Waals surface area contributed by atoms with Crippen LogP contribution < -0.4 is 14.8 Å². The lowest BCUT2D eigenvalue weighted by Crippen LogP contribution is -2.17. The fourth-order valence-corrected chi connectivity index (χ4v) is 2.45. The van der Waals surface area contributed by atoms with Crippen molar-refractivity contribution in [3.8, 4) is 11.5 Å². The van der Waals surface area contributed by atoms with E-state index in [2.05, 4.69) is 10.1 Å². The van der Waals surface area contributed by atoms with E-state index in [1.807, 2.05) is 0 Å². The summed E-state index contributed by atoms with van der Waals surface area (Å²) in [6.07, 6.45) is -4.78. The number of anilines is 1. The summed E-state index contributed by atoms with van der Waals surface area (Å²) < 4.78 is 51.2. The maximum atomic E-state index is 12.2. The second kappa shape index (κ2) is 8.73. The van der Waals surface area contributed by atoms with Crippen LogP contribution in [0.1, 0.15) is 33.6 Å². The highest BCUT2D eigenvalue weighted by Gasteiger charge is 2.31. The van der Waals surface area contributed by atoms with Gasteiger partial charge in [-0.1, -0.05) is 0 Å². The minimum Gasteiger partial charge on any atom is -0.486 e. The van der Waals surface area contributed by atoms with Crippen LogP contribution in [0.2, 0.25) is 0 Å². The number of nitrogens with one attached hydrogen (secondary N) is 1. The fraction of sp³-hybridized carbons (Fsp3) is 0.143. The Bertz CT molecular complexity index is 1020. The molecule has 0 saturated carbocycles. The van der Waals surface area contributed by atoms with E-state index < -0.39 is 18.0 Å². The van der Waals surface area contributed by atoms with Crippen LogP contribution in [-0.4, -0.2) is 18.1 Å². The monoisotopic (exact) mass is 419 g/mol. The molecule has 0 bridgehead atoms. The number of benzene rings is 2. The lowest BCUT2D eigenvalue weighted by Gasteiger charge is -2.09. The number of hydrogen-bond donors (Lipinski definition) is 1. The van der Waals surface area contributed by atoms with Crippen molar-refractivity contribution in [2.75, 3.05) is 5.32 Å². The van der Waals surface area contributed by atoms with Crippen LogP contribution in [0.25, 0.3) is 0 Å². The van der Waals surface area contributed by atoms with E-state index in [-0.39, 0.29) is 23.8 Å². The molecule has 9 heteroatoms. The third kappa shape index (κ3) is 5.87. The largest absolute Gasteiger partial charge is 0.573 e. The normalized spacial score (nSPS) is 11.1. The summed E-state index contributed by atoms with van der Waals surface area (Å²) >= 11 is 0. The molecule has 0 spiro atoms. The van der Waals surface area contributed by atoms with Crippen LogP contribution >= 0.6 is 0 Å². The summed E-state index contributed by atoms with van der Waals surface area (Å²) in [7, 11) is 0. The van der Waals surface area contributed by atoms with Crippen LogP contribution in [0, 0.1) is 0 Å². The molecule has 0 atom stereocenters. The van der Waals surface area contributed by atoms with Gasteiger partial charge in [0.1, 0.15) is 23.9 Å². The first-order valence-corrected chi connectivity index (χ1v) is 8.69. The van der Waals surface area contributed by atoms with Crippen LogP contribution in [0.5, 0.6) is 11.5 Å². The zero-order chi connectivity index (χ0) is 21.7. The number of furan rings is 1. The van der Waals surface area contributed by atoms with Gasteiger partial charge in [0.25, 0.3) is 5.91 Å². The first kappa shape index (κ1) is 21.0. The van der Waals surface area contributed by atoms with Gasteiger partial charge in [0, 0.05) is 11.3 Å². The summed E-state index contributed by atoms with van der Waals surface area (Å²) in [6.45, 7) is 1.53. The molecule has 0 aliphatic carbocycles. The van der Waals surface area contributed by atoms with Gasteiger partial charge < -0.3 is 19.2 Å². The molecule has 0 aliphatic heterocycles. The van der Waals surface area contributed by atoms with Crippen molar-refractivity contribution in [1.29, 1.82) is 0 Å². The maximum absolute atomic E-state index is 12.2. The molecule has 3 aromatic rings. The van der Waals surface area contributed by atoms with Gasteiger partial charge in [-0.3, -0.25) is 9.59 Å². The van der Waals surface area contributed by atoms with Crippen molar-refractivity contribution >= 4 is 17.4 Å². The molecule has 30 heavy (non-hydrogen) atoms. The Hall–Kier alpha value is -3.75. The Morgan fingerprint density at radius 3 is 2.17 bits per heavy atom. The lowest BCUT2D eigenvalue weighted by atomic mass is 10.1. The van der Waals surface area contributed by atoms with Crippen molar-refractivity contribution < 1.29 is 36.7 Å². The molecule has 2 aromatic carbocycles. The van der Waals surface area contributed by atoms with Gasteiger partial charge in [-0.05, 0) is 67.6 Å². The Kier molecular flexibility index (Phi) is 6.10. The highest BCUT2D eigenvalue weighted by molar-refractivity contribution is 6.02. The van der Waals surface area contributed by atoms with E-state index in [4.69, 9.17) is 9.15 Å². The van der Waals surface area contributed by atoms with E-state index >= 15 is 0 Å². The molecular weight excluding hydrogens is 403 g/mol. The van der Waals surface area contributed by atoms with Crippen molar-refractivity contribution in [1.82, 2.24) is 0 Å². The molecule has 1 amide bonds. The van der Waals surface area contributed by atoms with Crippen LogP contribution in [0.3, 0.4) is 0 Å². The molecule has 0 radical (unpaired) electrons. The van der Waals surface area contributed by atoms with Crippen LogP contribution in [0.4, 0.5) is 18.9 Å². The summed E-state index contributed by atoms with van der Waals surface area (Å²) in [6, 6.07) is 14.3. The molecule has 1 aromatic heterocycles. The molecule has 1 heterocycles. The smallest absolute Gasteiger partial charge is 0.486 e. The predicted molar refractivity (Wildman–Crippen MR) is 101 cm³/mol. The number of Topliss-reactive ketones (excluding diaryl/α,β-unsaturated/α-hetero) is 1. The lowest BCUT2D eigenvalue weighted by molar-refractivity contribution is -0.274.